The molecule has 0 radical (unpaired) electrons. The molecule has 0 amide bonds. The Kier molecular flexibility index (Phi) is 3.50. The zero-order valence-corrected chi connectivity index (χ0v) is 10.5. The molecule has 0 aliphatic carbocycles. The summed E-state index contributed by atoms with van der Waals surface area (Å²) in [5.41, 5.74) is 1.63. The van der Waals surface area contributed by atoms with E-state index < -0.39 is 5.82 Å². The minimum Gasteiger partial charge on any atom is -0.337 e. The molecular weight excluding hydrogens is 262 g/mol. The number of aryl methyl sites for hydroxylation is 1. The molecule has 17 heavy (non-hydrogen) atoms. The molecule has 0 aliphatic rings. The van der Waals surface area contributed by atoms with E-state index in [1.54, 1.807) is 6.07 Å². The Bertz CT molecular complexity index is 558. The van der Waals surface area contributed by atoms with Crippen LogP contribution in [0.15, 0.2) is 30.5 Å². The van der Waals surface area contributed by atoms with Gasteiger partial charge in [0, 0.05) is 6.20 Å². The van der Waals surface area contributed by atoms with E-state index in [0.29, 0.717) is 10.7 Å². The Morgan fingerprint density at radius 2 is 2.00 bits per heavy atom. The van der Waals surface area contributed by atoms with Crippen LogP contribution in [0.2, 0.25) is 10.0 Å². The fraction of sp³-hybridized carbons (Fsp3) is 0.0833. The summed E-state index contributed by atoms with van der Waals surface area (Å²) < 4.78 is 13.5. The standard InChI is InChI=1S/C12H9Cl2FN2/c1-7-2-3-9(14)11(4-7)17-12-10(15)5-8(13)6-16-12/h2-6H,1H3,(H,16,17). The van der Waals surface area contributed by atoms with E-state index in [1.807, 2.05) is 19.1 Å². The van der Waals surface area contributed by atoms with Gasteiger partial charge in [-0.1, -0.05) is 29.3 Å². The van der Waals surface area contributed by atoms with Gasteiger partial charge in [0.2, 0.25) is 0 Å². The lowest BCUT2D eigenvalue weighted by Gasteiger charge is -2.09. The summed E-state index contributed by atoms with van der Waals surface area (Å²) in [7, 11) is 0. The Balaban J connectivity index is 2.34. The number of halogens is 3. The highest BCUT2D eigenvalue weighted by molar-refractivity contribution is 6.33. The molecule has 0 atom stereocenters. The normalized spacial score (nSPS) is 10.4. The second kappa shape index (κ2) is 4.90. The first kappa shape index (κ1) is 12.1. The second-order valence-corrected chi connectivity index (χ2v) is 4.44. The van der Waals surface area contributed by atoms with Crippen LogP contribution in [0.5, 0.6) is 0 Å². The highest BCUT2D eigenvalue weighted by Gasteiger charge is 2.07. The molecule has 0 unspecified atom stereocenters. The third-order valence-electron chi connectivity index (χ3n) is 2.18. The van der Waals surface area contributed by atoms with Crippen LogP contribution in [0.3, 0.4) is 0 Å². The van der Waals surface area contributed by atoms with Gasteiger partial charge in [-0.15, -0.1) is 0 Å². The van der Waals surface area contributed by atoms with Gasteiger partial charge in [0.05, 0.1) is 15.7 Å². The largest absolute Gasteiger partial charge is 0.337 e. The first-order valence-electron chi connectivity index (χ1n) is 4.90. The molecule has 0 saturated carbocycles. The minimum absolute atomic E-state index is 0.0990. The zero-order chi connectivity index (χ0) is 12.4. The average Bonchev–Trinajstić information content (AvgIpc) is 2.27. The smallest absolute Gasteiger partial charge is 0.167 e. The zero-order valence-electron chi connectivity index (χ0n) is 8.97. The van der Waals surface area contributed by atoms with Crippen LogP contribution < -0.4 is 5.32 Å². The molecule has 0 fully saturated rings. The topological polar surface area (TPSA) is 24.9 Å². The molecule has 0 spiro atoms. The highest BCUT2D eigenvalue weighted by Crippen LogP contribution is 2.27. The van der Waals surface area contributed by atoms with Gasteiger partial charge in [0.25, 0.3) is 0 Å². The fourth-order valence-corrected chi connectivity index (χ4v) is 1.68. The van der Waals surface area contributed by atoms with Crippen molar-refractivity contribution in [2.24, 2.45) is 0 Å². The number of nitrogens with one attached hydrogen (secondary N) is 1. The van der Waals surface area contributed by atoms with Crippen LogP contribution in [0.1, 0.15) is 5.56 Å². The first-order valence-corrected chi connectivity index (χ1v) is 5.66. The Morgan fingerprint density at radius 3 is 2.71 bits per heavy atom. The van der Waals surface area contributed by atoms with Crippen molar-refractivity contribution < 1.29 is 4.39 Å². The number of hydrogen-bond donors (Lipinski definition) is 1. The van der Waals surface area contributed by atoms with Crippen molar-refractivity contribution in [3.05, 3.63) is 51.9 Å². The number of pyridine rings is 1. The maximum absolute atomic E-state index is 13.5. The number of hydrogen-bond acceptors (Lipinski definition) is 2. The van der Waals surface area contributed by atoms with Crippen LogP contribution >= 0.6 is 23.2 Å². The molecule has 5 heteroatoms. The van der Waals surface area contributed by atoms with Crippen LogP contribution in [-0.4, -0.2) is 4.98 Å². The van der Waals surface area contributed by atoms with E-state index in [9.17, 15) is 4.39 Å². The summed E-state index contributed by atoms with van der Waals surface area (Å²) in [5.74, 6) is -0.419. The van der Waals surface area contributed by atoms with Crippen LogP contribution in [0, 0.1) is 12.7 Å². The van der Waals surface area contributed by atoms with Crippen molar-refractivity contribution in [3.8, 4) is 0 Å². The molecule has 0 aliphatic heterocycles. The quantitative estimate of drug-likeness (QED) is 0.864. The predicted molar refractivity (Wildman–Crippen MR) is 68.7 cm³/mol. The maximum atomic E-state index is 13.5. The molecule has 2 aromatic rings. The lowest BCUT2D eigenvalue weighted by atomic mass is 10.2. The van der Waals surface area contributed by atoms with Crippen molar-refractivity contribution in [2.75, 3.05) is 5.32 Å². The lowest BCUT2D eigenvalue weighted by molar-refractivity contribution is 0.626. The van der Waals surface area contributed by atoms with E-state index in [1.165, 1.54) is 12.3 Å². The molecule has 1 N–H and O–H groups in total. The molecule has 1 heterocycles. The summed E-state index contributed by atoms with van der Waals surface area (Å²) in [6, 6.07) is 6.63. The third kappa shape index (κ3) is 2.87. The molecule has 88 valence electrons. The molecule has 1 aromatic carbocycles. The van der Waals surface area contributed by atoms with Gasteiger partial charge in [0.1, 0.15) is 0 Å². The first-order chi connectivity index (χ1) is 8.06. The number of benzene rings is 1. The Labute approximate surface area is 108 Å². The molecular formula is C12H9Cl2FN2. The maximum Gasteiger partial charge on any atom is 0.167 e. The van der Waals surface area contributed by atoms with E-state index in [-0.39, 0.29) is 10.8 Å². The second-order valence-electron chi connectivity index (χ2n) is 3.59. The van der Waals surface area contributed by atoms with E-state index in [4.69, 9.17) is 23.2 Å². The van der Waals surface area contributed by atoms with E-state index in [2.05, 4.69) is 10.3 Å². The van der Waals surface area contributed by atoms with Gasteiger partial charge in [0.15, 0.2) is 11.6 Å². The SMILES string of the molecule is Cc1ccc(Cl)c(Nc2ncc(Cl)cc2F)c1. The predicted octanol–water partition coefficient (Wildman–Crippen LogP) is 4.58. The highest BCUT2D eigenvalue weighted by atomic mass is 35.5. The number of aromatic nitrogens is 1. The van der Waals surface area contributed by atoms with Crippen LogP contribution in [0.25, 0.3) is 0 Å². The minimum atomic E-state index is -0.518. The Morgan fingerprint density at radius 1 is 1.24 bits per heavy atom. The lowest BCUT2D eigenvalue weighted by Crippen LogP contribution is -1.97. The fourth-order valence-electron chi connectivity index (χ4n) is 1.37. The van der Waals surface area contributed by atoms with Gasteiger partial charge in [-0.3, -0.25) is 0 Å². The molecule has 2 nitrogen and oxygen atoms in total. The van der Waals surface area contributed by atoms with Crippen molar-refractivity contribution in [2.45, 2.75) is 6.92 Å². The third-order valence-corrected chi connectivity index (χ3v) is 2.72. The van der Waals surface area contributed by atoms with Crippen molar-refractivity contribution in [1.29, 1.82) is 0 Å². The Hall–Kier alpha value is -1.32. The summed E-state index contributed by atoms with van der Waals surface area (Å²) in [6.45, 7) is 1.92. The average molecular weight is 271 g/mol. The summed E-state index contributed by atoms with van der Waals surface area (Å²) >= 11 is 11.6. The molecule has 0 bridgehead atoms. The van der Waals surface area contributed by atoms with Crippen molar-refractivity contribution in [1.82, 2.24) is 4.98 Å². The van der Waals surface area contributed by atoms with Gasteiger partial charge < -0.3 is 5.32 Å². The van der Waals surface area contributed by atoms with Crippen LogP contribution in [0.4, 0.5) is 15.9 Å². The number of nitrogens with zero attached hydrogens (tertiary/aromatic N) is 1. The molecule has 0 saturated heterocycles. The van der Waals surface area contributed by atoms with Crippen LogP contribution in [-0.2, 0) is 0 Å². The van der Waals surface area contributed by atoms with Gasteiger partial charge >= 0.3 is 0 Å². The number of rotatable bonds is 2. The molecule has 1 aromatic heterocycles. The molecule has 2 rings (SSSR count). The van der Waals surface area contributed by atoms with E-state index >= 15 is 0 Å². The number of anilines is 2. The summed E-state index contributed by atoms with van der Waals surface area (Å²) in [6.07, 6.45) is 1.37. The van der Waals surface area contributed by atoms with Gasteiger partial charge in [-0.05, 0) is 30.7 Å². The summed E-state index contributed by atoms with van der Waals surface area (Å²) in [5, 5.41) is 3.59. The van der Waals surface area contributed by atoms with Gasteiger partial charge in [-0.2, -0.15) is 0 Å². The van der Waals surface area contributed by atoms with Crippen molar-refractivity contribution >= 4 is 34.7 Å². The summed E-state index contributed by atoms with van der Waals surface area (Å²) in [4.78, 5) is 3.87. The monoisotopic (exact) mass is 270 g/mol. The van der Waals surface area contributed by atoms with Gasteiger partial charge in [-0.25, -0.2) is 9.37 Å². The van der Waals surface area contributed by atoms with E-state index in [0.717, 1.165) is 5.56 Å². The van der Waals surface area contributed by atoms with Crippen molar-refractivity contribution in [3.63, 3.8) is 0 Å².